The minimum Gasteiger partial charge on any atom is -0.394 e. The second-order valence-electron chi connectivity index (χ2n) is 13.7. The maximum atomic E-state index is 12.7. The molecule has 47 heavy (non-hydrogen) atoms. The van der Waals surface area contributed by atoms with Gasteiger partial charge >= 0.3 is 0 Å². The molecule has 1 saturated heterocycles. The number of nitrogens with one attached hydrogen (secondary N) is 1. The number of allylic oxidation sites excluding steroid dienone is 1. The maximum Gasteiger partial charge on any atom is 0.220 e. The zero-order valence-electron chi connectivity index (χ0n) is 30.0. The van der Waals surface area contributed by atoms with Crippen molar-refractivity contribution in [2.24, 2.45) is 0 Å². The van der Waals surface area contributed by atoms with Crippen molar-refractivity contribution in [1.82, 2.24) is 5.32 Å². The van der Waals surface area contributed by atoms with Crippen LogP contribution in [0.15, 0.2) is 12.2 Å². The number of aliphatic hydroxyl groups excluding tert-OH is 5. The van der Waals surface area contributed by atoms with Crippen LogP contribution >= 0.6 is 0 Å². The molecule has 278 valence electrons. The van der Waals surface area contributed by atoms with Crippen molar-refractivity contribution in [3.63, 3.8) is 0 Å². The van der Waals surface area contributed by atoms with Gasteiger partial charge in [0.05, 0.1) is 25.4 Å². The zero-order chi connectivity index (χ0) is 34.5. The van der Waals surface area contributed by atoms with Crippen molar-refractivity contribution in [2.45, 2.75) is 211 Å². The number of hydrogen-bond acceptors (Lipinski definition) is 8. The van der Waals surface area contributed by atoms with E-state index in [4.69, 9.17) is 9.47 Å². The highest BCUT2D eigenvalue weighted by Crippen LogP contribution is 2.22. The summed E-state index contributed by atoms with van der Waals surface area (Å²) in [4.78, 5) is 12.7. The number of carbonyl (C=O) groups excluding carboxylic acids is 1. The van der Waals surface area contributed by atoms with Gasteiger partial charge in [0.1, 0.15) is 24.4 Å². The Hall–Kier alpha value is -1.07. The molecule has 0 aromatic rings. The monoisotopic (exact) mass is 672 g/mol. The van der Waals surface area contributed by atoms with E-state index in [-0.39, 0.29) is 12.5 Å². The molecule has 1 fully saturated rings. The van der Waals surface area contributed by atoms with Crippen molar-refractivity contribution in [3.05, 3.63) is 12.2 Å². The van der Waals surface area contributed by atoms with Gasteiger partial charge in [0.25, 0.3) is 0 Å². The summed E-state index contributed by atoms with van der Waals surface area (Å²) < 4.78 is 11.1. The molecule has 0 spiro atoms. The predicted molar refractivity (Wildman–Crippen MR) is 189 cm³/mol. The first kappa shape index (κ1) is 44.0. The van der Waals surface area contributed by atoms with Gasteiger partial charge in [-0.05, 0) is 19.3 Å². The minimum atomic E-state index is -1.56. The molecule has 1 amide bonds. The first-order chi connectivity index (χ1) is 22.8. The van der Waals surface area contributed by atoms with Crippen LogP contribution in [0.4, 0.5) is 0 Å². The average molecular weight is 672 g/mol. The van der Waals surface area contributed by atoms with Gasteiger partial charge in [0.15, 0.2) is 6.29 Å². The standard InChI is InChI=1S/C38H73NO8/c1-3-5-7-9-11-12-13-14-15-16-17-18-19-20-22-23-25-27-32(41)31(39-34(42)28-26-24-21-10-8-6-4-2)30-46-38-37(45)36(44)35(43)33(29-40)47-38/h25,27,31-33,35-38,40-41,43-45H,3-24,26,28-30H2,1-2H3,(H,39,42)/b27-25+. The van der Waals surface area contributed by atoms with E-state index in [1.807, 2.05) is 6.08 Å². The fourth-order valence-electron chi connectivity index (χ4n) is 6.15. The summed E-state index contributed by atoms with van der Waals surface area (Å²) in [5, 5.41) is 53.8. The summed E-state index contributed by atoms with van der Waals surface area (Å²) in [7, 11) is 0. The normalized spacial score (nSPS) is 22.9. The van der Waals surface area contributed by atoms with Gasteiger partial charge < -0.3 is 40.3 Å². The third-order valence-corrected chi connectivity index (χ3v) is 9.36. The molecule has 0 aromatic carbocycles. The largest absolute Gasteiger partial charge is 0.394 e. The predicted octanol–water partition coefficient (Wildman–Crippen LogP) is 6.61. The summed E-state index contributed by atoms with van der Waals surface area (Å²) in [6.45, 7) is 3.71. The summed E-state index contributed by atoms with van der Waals surface area (Å²) in [5.74, 6) is -0.184. The van der Waals surface area contributed by atoms with Crippen LogP contribution < -0.4 is 5.32 Å². The Kier molecular flexibility index (Phi) is 27.9. The molecule has 1 aliphatic rings. The van der Waals surface area contributed by atoms with E-state index in [1.165, 1.54) is 109 Å². The van der Waals surface area contributed by atoms with E-state index in [0.29, 0.717) is 6.42 Å². The van der Waals surface area contributed by atoms with Crippen LogP contribution in [0.5, 0.6) is 0 Å². The van der Waals surface area contributed by atoms with Crippen LogP contribution in [0.2, 0.25) is 0 Å². The molecule has 0 aromatic heterocycles. The average Bonchev–Trinajstić information content (AvgIpc) is 3.07. The van der Waals surface area contributed by atoms with E-state index < -0.39 is 49.5 Å². The fraction of sp³-hybridized carbons (Fsp3) is 0.921. The SMILES string of the molecule is CCCCCCCCCCCCCCCCC/C=C/C(O)C(COC1OC(CO)C(O)C(O)C1O)NC(=O)CCCCCCCCC. The van der Waals surface area contributed by atoms with Crippen LogP contribution in [-0.2, 0) is 14.3 Å². The van der Waals surface area contributed by atoms with Crippen LogP contribution in [0.25, 0.3) is 0 Å². The highest BCUT2D eigenvalue weighted by Gasteiger charge is 2.44. The number of amides is 1. The van der Waals surface area contributed by atoms with Crippen LogP contribution in [0.1, 0.15) is 168 Å². The lowest BCUT2D eigenvalue weighted by Gasteiger charge is -2.40. The van der Waals surface area contributed by atoms with Crippen molar-refractivity contribution in [3.8, 4) is 0 Å². The van der Waals surface area contributed by atoms with E-state index in [2.05, 4.69) is 19.2 Å². The Morgan fingerprint density at radius 3 is 1.66 bits per heavy atom. The first-order valence-electron chi connectivity index (χ1n) is 19.4. The molecule has 7 atom stereocenters. The van der Waals surface area contributed by atoms with Crippen molar-refractivity contribution in [1.29, 1.82) is 0 Å². The third kappa shape index (κ3) is 21.6. The fourth-order valence-corrected chi connectivity index (χ4v) is 6.15. The lowest BCUT2D eigenvalue weighted by molar-refractivity contribution is -0.302. The van der Waals surface area contributed by atoms with E-state index in [9.17, 15) is 30.3 Å². The number of unbranched alkanes of at least 4 members (excludes halogenated alkanes) is 21. The van der Waals surface area contributed by atoms with Crippen molar-refractivity contribution < 1.29 is 39.8 Å². The lowest BCUT2D eigenvalue weighted by Crippen LogP contribution is -2.60. The number of rotatable bonds is 31. The molecule has 6 N–H and O–H groups in total. The molecule has 1 heterocycles. The van der Waals surface area contributed by atoms with Crippen LogP contribution in [0, 0.1) is 0 Å². The molecule has 0 radical (unpaired) electrons. The van der Waals surface area contributed by atoms with Gasteiger partial charge in [0, 0.05) is 6.42 Å². The Balaban J connectivity index is 2.39. The van der Waals surface area contributed by atoms with E-state index in [1.54, 1.807) is 6.08 Å². The molecule has 9 nitrogen and oxygen atoms in total. The highest BCUT2D eigenvalue weighted by atomic mass is 16.7. The van der Waals surface area contributed by atoms with Crippen molar-refractivity contribution >= 4 is 5.91 Å². The number of aliphatic hydroxyl groups is 5. The van der Waals surface area contributed by atoms with Gasteiger partial charge in [-0.15, -0.1) is 0 Å². The van der Waals surface area contributed by atoms with Crippen LogP contribution in [-0.4, -0.2) is 87.5 Å². The second-order valence-corrected chi connectivity index (χ2v) is 13.7. The number of carbonyl (C=O) groups is 1. The quantitative estimate of drug-likeness (QED) is 0.0357. The molecule has 1 aliphatic heterocycles. The van der Waals surface area contributed by atoms with E-state index >= 15 is 0 Å². The summed E-state index contributed by atoms with van der Waals surface area (Å²) >= 11 is 0. The molecule has 0 saturated carbocycles. The molecular formula is C38H73NO8. The summed E-state index contributed by atoms with van der Waals surface area (Å²) in [6.07, 6.45) is 24.2. The number of ether oxygens (including phenoxy) is 2. The third-order valence-electron chi connectivity index (χ3n) is 9.36. The van der Waals surface area contributed by atoms with Gasteiger partial charge in [-0.1, -0.05) is 154 Å². The molecule has 1 rings (SSSR count). The molecular weight excluding hydrogens is 598 g/mol. The first-order valence-corrected chi connectivity index (χ1v) is 19.4. The minimum absolute atomic E-state index is 0.184. The zero-order valence-corrected chi connectivity index (χ0v) is 30.0. The second kappa shape index (κ2) is 29.8. The Morgan fingerprint density at radius 2 is 1.17 bits per heavy atom. The molecule has 9 heteroatoms. The van der Waals surface area contributed by atoms with Gasteiger partial charge in [-0.2, -0.15) is 0 Å². The molecule has 0 bridgehead atoms. The van der Waals surface area contributed by atoms with Crippen molar-refractivity contribution in [2.75, 3.05) is 13.2 Å². The topological polar surface area (TPSA) is 149 Å². The van der Waals surface area contributed by atoms with Crippen LogP contribution in [0.3, 0.4) is 0 Å². The lowest BCUT2D eigenvalue weighted by atomic mass is 9.99. The maximum absolute atomic E-state index is 12.7. The molecule has 0 aliphatic carbocycles. The van der Waals surface area contributed by atoms with Gasteiger partial charge in [-0.25, -0.2) is 0 Å². The Morgan fingerprint density at radius 1 is 0.702 bits per heavy atom. The van der Waals surface area contributed by atoms with E-state index in [0.717, 1.165) is 38.5 Å². The Labute approximate surface area is 286 Å². The van der Waals surface area contributed by atoms with Gasteiger partial charge in [0.2, 0.25) is 5.91 Å². The molecule has 7 unspecified atom stereocenters. The summed E-state index contributed by atoms with van der Waals surface area (Å²) in [6, 6.07) is -0.795. The van der Waals surface area contributed by atoms with Gasteiger partial charge in [-0.3, -0.25) is 4.79 Å². The smallest absolute Gasteiger partial charge is 0.220 e. The Bertz CT molecular complexity index is 751. The highest BCUT2D eigenvalue weighted by molar-refractivity contribution is 5.76. The number of hydrogen-bond donors (Lipinski definition) is 6. The summed E-state index contributed by atoms with van der Waals surface area (Å²) in [5.41, 5.74) is 0.